The second kappa shape index (κ2) is 6.01. The number of halogens is 1. The van der Waals surface area contributed by atoms with E-state index in [2.05, 4.69) is 4.98 Å². The first kappa shape index (κ1) is 16.0. The average molecular weight is 379 g/mol. The fraction of sp³-hybridized carbons (Fsp3) is 0. The first-order chi connectivity index (χ1) is 14.3. The first-order valence-corrected chi connectivity index (χ1v) is 9.30. The van der Waals surface area contributed by atoms with Gasteiger partial charge in [0.2, 0.25) is 0 Å². The van der Waals surface area contributed by atoms with E-state index >= 15 is 0 Å². The van der Waals surface area contributed by atoms with Gasteiger partial charge in [-0.2, -0.15) is 0 Å². The predicted molar refractivity (Wildman–Crippen MR) is 112 cm³/mol. The van der Waals surface area contributed by atoms with Gasteiger partial charge in [0.25, 0.3) is 0 Å². The number of imidazole rings is 1. The largest absolute Gasteiger partial charge is 0.455 e. The molecule has 0 radical (unpaired) electrons. The zero-order chi connectivity index (χ0) is 19.4. The highest BCUT2D eigenvalue weighted by atomic mass is 19.1. The van der Waals surface area contributed by atoms with E-state index < -0.39 is 0 Å². The van der Waals surface area contributed by atoms with Crippen LogP contribution in [-0.4, -0.2) is 14.5 Å². The van der Waals surface area contributed by atoms with E-state index in [0.717, 1.165) is 22.2 Å². The van der Waals surface area contributed by atoms with Gasteiger partial charge in [0.05, 0.1) is 16.5 Å². The molecular weight excluding hydrogens is 365 g/mol. The molecule has 6 rings (SSSR count). The highest BCUT2D eigenvalue weighted by Crippen LogP contribution is 2.38. The molecule has 0 N–H and O–H groups in total. The van der Waals surface area contributed by atoms with Crippen LogP contribution in [0.3, 0.4) is 0 Å². The molecule has 0 spiro atoms. The molecule has 0 aliphatic carbocycles. The summed E-state index contributed by atoms with van der Waals surface area (Å²) in [4.78, 5) is 9.20. The number of benzene rings is 3. The van der Waals surface area contributed by atoms with Gasteiger partial charge in [0.15, 0.2) is 11.5 Å². The summed E-state index contributed by atoms with van der Waals surface area (Å²) in [6.07, 6.45) is 1.72. The van der Waals surface area contributed by atoms with Gasteiger partial charge in [-0.1, -0.05) is 36.4 Å². The molecule has 0 bridgehead atoms. The second-order valence-corrected chi connectivity index (χ2v) is 6.85. The minimum Gasteiger partial charge on any atom is -0.455 e. The Bertz CT molecular complexity index is 1520. The van der Waals surface area contributed by atoms with E-state index in [-0.39, 0.29) is 5.82 Å². The summed E-state index contributed by atoms with van der Waals surface area (Å²) in [5, 5.41) is 1.22. The van der Waals surface area contributed by atoms with Crippen molar-refractivity contribution in [3.05, 3.63) is 90.9 Å². The van der Waals surface area contributed by atoms with E-state index in [1.165, 1.54) is 6.07 Å². The third-order valence-corrected chi connectivity index (χ3v) is 5.16. The second-order valence-electron chi connectivity index (χ2n) is 6.85. The molecule has 0 aliphatic rings. The third-order valence-electron chi connectivity index (χ3n) is 5.16. The smallest absolute Gasteiger partial charge is 0.178 e. The van der Waals surface area contributed by atoms with Crippen LogP contribution in [0.25, 0.3) is 50.2 Å². The van der Waals surface area contributed by atoms with Gasteiger partial charge in [-0.05, 0) is 42.5 Å². The highest BCUT2D eigenvalue weighted by Gasteiger charge is 2.21. The maximum Gasteiger partial charge on any atom is 0.178 e. The lowest BCUT2D eigenvalue weighted by Gasteiger charge is -2.09. The summed E-state index contributed by atoms with van der Waals surface area (Å²) in [6.45, 7) is 0. The maximum atomic E-state index is 14.8. The number of fused-ring (bicyclic) bond motifs is 4. The fourth-order valence-electron chi connectivity index (χ4n) is 3.90. The van der Waals surface area contributed by atoms with Crippen LogP contribution >= 0.6 is 0 Å². The SMILES string of the molecule is Fc1ccc(-c2nc3ncccc3n2-c2ccccc2)c2oc3ccccc3c12. The molecule has 138 valence electrons. The molecule has 0 unspecified atom stereocenters. The molecule has 3 aromatic heterocycles. The Hall–Kier alpha value is -3.99. The highest BCUT2D eigenvalue weighted by molar-refractivity contribution is 6.09. The van der Waals surface area contributed by atoms with Gasteiger partial charge in [0, 0.05) is 17.3 Å². The normalized spacial score (nSPS) is 11.6. The minimum atomic E-state index is -0.311. The van der Waals surface area contributed by atoms with Crippen LogP contribution in [0.4, 0.5) is 4.39 Å². The Morgan fingerprint density at radius 2 is 1.66 bits per heavy atom. The molecule has 3 heterocycles. The molecule has 0 saturated heterocycles. The Labute approximate surface area is 164 Å². The van der Waals surface area contributed by atoms with Crippen LogP contribution in [-0.2, 0) is 0 Å². The van der Waals surface area contributed by atoms with Crippen molar-refractivity contribution in [3.8, 4) is 17.1 Å². The van der Waals surface area contributed by atoms with Gasteiger partial charge in [-0.3, -0.25) is 4.57 Å². The summed E-state index contributed by atoms with van der Waals surface area (Å²) in [7, 11) is 0. The van der Waals surface area contributed by atoms with Crippen LogP contribution < -0.4 is 0 Å². The van der Waals surface area contributed by atoms with Crippen molar-refractivity contribution in [3.63, 3.8) is 0 Å². The molecule has 29 heavy (non-hydrogen) atoms. The van der Waals surface area contributed by atoms with Gasteiger partial charge in [0.1, 0.15) is 17.0 Å². The van der Waals surface area contributed by atoms with E-state index in [4.69, 9.17) is 9.40 Å². The molecule has 3 aromatic carbocycles. The lowest BCUT2D eigenvalue weighted by Crippen LogP contribution is -1.97. The molecule has 0 atom stereocenters. The molecular formula is C24H14FN3O. The average Bonchev–Trinajstić information content (AvgIpc) is 3.34. The number of pyridine rings is 1. The number of nitrogens with zero attached hydrogens (tertiary/aromatic N) is 3. The zero-order valence-corrected chi connectivity index (χ0v) is 15.2. The molecule has 0 amide bonds. The standard InChI is InChI=1S/C24H14FN3O/c25-18-13-12-17(22-21(18)16-9-4-5-11-20(16)29-22)24-27-23-19(10-6-14-26-23)28(24)15-7-2-1-3-8-15/h1-14H. The number of hydrogen-bond donors (Lipinski definition) is 0. The summed E-state index contributed by atoms with van der Waals surface area (Å²) in [5.41, 5.74) is 4.31. The lowest BCUT2D eigenvalue weighted by atomic mass is 10.1. The predicted octanol–water partition coefficient (Wildman–Crippen LogP) is 6.13. The third kappa shape index (κ3) is 2.31. The molecule has 0 saturated carbocycles. The number of aromatic nitrogens is 3. The number of furan rings is 1. The van der Waals surface area contributed by atoms with Crippen molar-refractivity contribution < 1.29 is 8.81 Å². The van der Waals surface area contributed by atoms with Crippen molar-refractivity contribution in [2.45, 2.75) is 0 Å². The van der Waals surface area contributed by atoms with Crippen LogP contribution in [0, 0.1) is 5.82 Å². The Balaban J connectivity index is 1.76. The van der Waals surface area contributed by atoms with Crippen molar-refractivity contribution in [1.29, 1.82) is 0 Å². The molecule has 0 fully saturated rings. The topological polar surface area (TPSA) is 43.9 Å². The van der Waals surface area contributed by atoms with Gasteiger partial charge < -0.3 is 4.42 Å². The summed E-state index contributed by atoms with van der Waals surface area (Å²) in [6, 6.07) is 24.5. The molecule has 6 aromatic rings. The molecule has 4 nitrogen and oxygen atoms in total. The summed E-state index contributed by atoms with van der Waals surface area (Å²) >= 11 is 0. The Kier molecular flexibility index (Phi) is 3.32. The first-order valence-electron chi connectivity index (χ1n) is 9.30. The van der Waals surface area contributed by atoms with E-state index in [1.54, 1.807) is 12.3 Å². The number of hydrogen-bond acceptors (Lipinski definition) is 3. The van der Waals surface area contributed by atoms with Crippen molar-refractivity contribution in [2.75, 3.05) is 0 Å². The fourth-order valence-corrected chi connectivity index (χ4v) is 3.90. The Morgan fingerprint density at radius 1 is 0.828 bits per heavy atom. The van der Waals surface area contributed by atoms with Crippen LogP contribution in [0.15, 0.2) is 89.5 Å². The summed E-state index contributed by atoms with van der Waals surface area (Å²) < 4.78 is 22.9. The number of para-hydroxylation sites is 2. The number of rotatable bonds is 2. The molecule has 5 heteroatoms. The quantitative estimate of drug-likeness (QED) is 0.364. The van der Waals surface area contributed by atoms with Crippen LogP contribution in [0.5, 0.6) is 0 Å². The van der Waals surface area contributed by atoms with Gasteiger partial charge in [-0.25, -0.2) is 14.4 Å². The van der Waals surface area contributed by atoms with E-state index in [0.29, 0.717) is 28.0 Å². The van der Waals surface area contributed by atoms with E-state index in [9.17, 15) is 4.39 Å². The molecule has 0 aliphatic heterocycles. The lowest BCUT2D eigenvalue weighted by molar-refractivity contribution is 0.634. The van der Waals surface area contributed by atoms with Gasteiger partial charge >= 0.3 is 0 Å². The Morgan fingerprint density at radius 3 is 2.55 bits per heavy atom. The van der Waals surface area contributed by atoms with Crippen LogP contribution in [0.1, 0.15) is 0 Å². The van der Waals surface area contributed by atoms with E-state index in [1.807, 2.05) is 71.3 Å². The van der Waals surface area contributed by atoms with Crippen molar-refractivity contribution >= 4 is 33.1 Å². The zero-order valence-electron chi connectivity index (χ0n) is 15.2. The van der Waals surface area contributed by atoms with Crippen LogP contribution in [0.2, 0.25) is 0 Å². The minimum absolute atomic E-state index is 0.311. The summed E-state index contributed by atoms with van der Waals surface area (Å²) in [5.74, 6) is 0.350. The monoisotopic (exact) mass is 379 g/mol. The van der Waals surface area contributed by atoms with Crippen molar-refractivity contribution in [1.82, 2.24) is 14.5 Å². The maximum absolute atomic E-state index is 14.8. The van der Waals surface area contributed by atoms with Gasteiger partial charge in [-0.15, -0.1) is 0 Å². The van der Waals surface area contributed by atoms with Crippen molar-refractivity contribution in [2.24, 2.45) is 0 Å².